The van der Waals surface area contributed by atoms with E-state index < -0.39 is 23.9 Å². The van der Waals surface area contributed by atoms with Crippen molar-refractivity contribution in [2.24, 2.45) is 5.92 Å². The van der Waals surface area contributed by atoms with Gasteiger partial charge in [0.15, 0.2) is 0 Å². The first-order chi connectivity index (χ1) is 13.9. The lowest BCUT2D eigenvalue weighted by atomic mass is 10.0. The second-order valence-electron chi connectivity index (χ2n) is 7.22. The predicted molar refractivity (Wildman–Crippen MR) is 110 cm³/mol. The van der Waals surface area contributed by atoms with E-state index in [2.05, 4.69) is 15.6 Å². The summed E-state index contributed by atoms with van der Waals surface area (Å²) in [5.74, 6) is -0.906. The molecule has 0 saturated carbocycles. The number of benzene rings is 2. The van der Waals surface area contributed by atoms with Crippen molar-refractivity contribution < 1.29 is 18.7 Å². The minimum absolute atomic E-state index is 0.0544. The van der Waals surface area contributed by atoms with Crippen LogP contribution in [0.1, 0.15) is 19.4 Å². The molecule has 1 atom stereocenters. The second kappa shape index (κ2) is 9.23. The van der Waals surface area contributed by atoms with Gasteiger partial charge in [0, 0.05) is 23.5 Å². The van der Waals surface area contributed by atoms with Gasteiger partial charge in [-0.25, -0.2) is 9.18 Å². The Labute approximate surface area is 168 Å². The van der Waals surface area contributed by atoms with E-state index in [-0.39, 0.29) is 24.6 Å². The molecular formula is C22H24FN3O3. The molecule has 3 rings (SSSR count). The van der Waals surface area contributed by atoms with E-state index in [4.69, 9.17) is 4.74 Å². The molecular weight excluding hydrogens is 373 g/mol. The number of alkyl carbamates (subject to hydrolysis) is 1. The predicted octanol–water partition coefficient (Wildman–Crippen LogP) is 4.24. The quantitative estimate of drug-likeness (QED) is 0.558. The molecule has 6 nitrogen and oxygen atoms in total. The molecule has 29 heavy (non-hydrogen) atoms. The SMILES string of the molecule is CC(C)COC(=O)N[C@@H](Cc1c[nH]c2ccccc12)C(=O)Nc1ccccc1F. The summed E-state index contributed by atoms with van der Waals surface area (Å²) < 4.78 is 19.1. The van der Waals surface area contributed by atoms with E-state index in [1.807, 2.05) is 38.1 Å². The van der Waals surface area contributed by atoms with Gasteiger partial charge in [0.25, 0.3) is 0 Å². The number of fused-ring (bicyclic) bond motifs is 1. The van der Waals surface area contributed by atoms with Crippen molar-refractivity contribution in [3.63, 3.8) is 0 Å². The molecule has 0 unspecified atom stereocenters. The zero-order valence-corrected chi connectivity index (χ0v) is 16.4. The van der Waals surface area contributed by atoms with Gasteiger partial charge in [0.2, 0.25) is 5.91 Å². The highest BCUT2D eigenvalue weighted by Crippen LogP contribution is 2.20. The Bertz CT molecular complexity index is 1000. The van der Waals surface area contributed by atoms with Gasteiger partial charge < -0.3 is 20.4 Å². The summed E-state index contributed by atoms with van der Waals surface area (Å²) in [7, 11) is 0. The summed E-state index contributed by atoms with van der Waals surface area (Å²) in [6.07, 6.45) is 1.34. The third-order valence-electron chi connectivity index (χ3n) is 4.39. The van der Waals surface area contributed by atoms with E-state index >= 15 is 0 Å². The minimum Gasteiger partial charge on any atom is -0.449 e. The fourth-order valence-electron chi connectivity index (χ4n) is 2.94. The van der Waals surface area contributed by atoms with Crippen molar-refractivity contribution >= 4 is 28.6 Å². The Hall–Kier alpha value is -3.35. The molecule has 0 aliphatic carbocycles. The van der Waals surface area contributed by atoms with E-state index in [0.29, 0.717) is 0 Å². The summed E-state index contributed by atoms with van der Waals surface area (Å²) in [5, 5.41) is 6.10. The molecule has 0 saturated heterocycles. The standard InChI is InChI=1S/C22H24FN3O3/c1-14(2)13-29-22(28)26-20(21(27)25-19-10-6-4-8-17(19)23)11-15-12-24-18-9-5-3-7-16(15)18/h3-10,12,14,20,24H,11,13H2,1-2H3,(H,25,27)(H,26,28)/t20-/m0/s1. The number of rotatable bonds is 7. The Morgan fingerprint density at radius 1 is 1.10 bits per heavy atom. The number of para-hydroxylation sites is 2. The lowest BCUT2D eigenvalue weighted by Gasteiger charge is -2.19. The Kier molecular flexibility index (Phi) is 6.49. The molecule has 2 aromatic carbocycles. The van der Waals surface area contributed by atoms with Crippen LogP contribution < -0.4 is 10.6 Å². The van der Waals surface area contributed by atoms with Crippen LogP contribution in [0.4, 0.5) is 14.9 Å². The van der Waals surface area contributed by atoms with E-state index in [0.717, 1.165) is 16.5 Å². The molecule has 3 aromatic rings. The molecule has 0 aliphatic heterocycles. The molecule has 0 aliphatic rings. The maximum atomic E-state index is 13.9. The third-order valence-corrected chi connectivity index (χ3v) is 4.39. The van der Waals surface area contributed by atoms with Crippen molar-refractivity contribution in [1.29, 1.82) is 0 Å². The molecule has 0 spiro atoms. The number of H-pyrrole nitrogens is 1. The van der Waals surface area contributed by atoms with Crippen LogP contribution in [0.3, 0.4) is 0 Å². The number of anilines is 1. The highest BCUT2D eigenvalue weighted by atomic mass is 19.1. The van der Waals surface area contributed by atoms with Crippen LogP contribution in [0.15, 0.2) is 54.7 Å². The number of aromatic amines is 1. The largest absolute Gasteiger partial charge is 0.449 e. The van der Waals surface area contributed by atoms with Crippen molar-refractivity contribution in [3.8, 4) is 0 Å². The number of aromatic nitrogens is 1. The molecule has 3 N–H and O–H groups in total. The van der Waals surface area contributed by atoms with Gasteiger partial charge in [-0.05, 0) is 29.7 Å². The molecule has 7 heteroatoms. The first kappa shape index (κ1) is 20.4. The van der Waals surface area contributed by atoms with Crippen LogP contribution >= 0.6 is 0 Å². The van der Waals surface area contributed by atoms with Gasteiger partial charge in [-0.15, -0.1) is 0 Å². The summed E-state index contributed by atoms with van der Waals surface area (Å²) in [6.45, 7) is 4.07. The molecule has 0 radical (unpaired) electrons. The van der Waals surface area contributed by atoms with Gasteiger partial charge in [-0.1, -0.05) is 44.2 Å². The van der Waals surface area contributed by atoms with Crippen LogP contribution in [-0.2, 0) is 16.0 Å². The van der Waals surface area contributed by atoms with E-state index in [1.165, 1.54) is 18.2 Å². The average Bonchev–Trinajstić information content (AvgIpc) is 3.10. The summed E-state index contributed by atoms with van der Waals surface area (Å²) in [6, 6.07) is 12.6. The zero-order chi connectivity index (χ0) is 20.8. The number of nitrogens with one attached hydrogen (secondary N) is 3. The summed E-state index contributed by atoms with van der Waals surface area (Å²) in [4.78, 5) is 28.2. The number of ether oxygens (including phenoxy) is 1. The highest BCUT2D eigenvalue weighted by molar-refractivity contribution is 5.97. The zero-order valence-electron chi connectivity index (χ0n) is 16.4. The number of carbonyl (C=O) groups is 2. The van der Waals surface area contributed by atoms with Crippen LogP contribution in [0.5, 0.6) is 0 Å². The molecule has 0 bridgehead atoms. The first-order valence-corrected chi connectivity index (χ1v) is 9.47. The van der Waals surface area contributed by atoms with E-state index in [1.54, 1.807) is 12.3 Å². The number of carbonyl (C=O) groups excluding carboxylic acids is 2. The molecule has 0 fully saturated rings. The average molecular weight is 397 g/mol. The van der Waals surface area contributed by atoms with Crippen molar-refractivity contribution in [2.75, 3.05) is 11.9 Å². The highest BCUT2D eigenvalue weighted by Gasteiger charge is 2.24. The Morgan fingerprint density at radius 2 is 1.83 bits per heavy atom. The number of hydrogen-bond acceptors (Lipinski definition) is 3. The van der Waals surface area contributed by atoms with Gasteiger partial charge in [-0.3, -0.25) is 4.79 Å². The molecule has 1 heterocycles. The maximum Gasteiger partial charge on any atom is 0.407 e. The Morgan fingerprint density at radius 3 is 2.59 bits per heavy atom. The van der Waals surface area contributed by atoms with E-state index in [9.17, 15) is 14.0 Å². The molecule has 152 valence electrons. The van der Waals surface area contributed by atoms with Gasteiger partial charge >= 0.3 is 6.09 Å². The third kappa shape index (κ3) is 5.34. The monoisotopic (exact) mass is 397 g/mol. The van der Waals surface area contributed by atoms with Crippen molar-refractivity contribution in [2.45, 2.75) is 26.3 Å². The van der Waals surface area contributed by atoms with Gasteiger partial charge in [0.1, 0.15) is 11.9 Å². The minimum atomic E-state index is -0.937. The number of amides is 2. The maximum absolute atomic E-state index is 13.9. The second-order valence-corrected chi connectivity index (χ2v) is 7.22. The molecule has 1 aromatic heterocycles. The number of halogens is 1. The van der Waals surface area contributed by atoms with Crippen LogP contribution in [0.2, 0.25) is 0 Å². The first-order valence-electron chi connectivity index (χ1n) is 9.47. The lowest BCUT2D eigenvalue weighted by molar-refractivity contribution is -0.118. The van der Waals surface area contributed by atoms with Crippen molar-refractivity contribution in [3.05, 3.63) is 66.1 Å². The van der Waals surface area contributed by atoms with Crippen LogP contribution in [0.25, 0.3) is 10.9 Å². The van der Waals surface area contributed by atoms with Gasteiger partial charge in [-0.2, -0.15) is 0 Å². The smallest absolute Gasteiger partial charge is 0.407 e. The molecule has 2 amide bonds. The van der Waals surface area contributed by atoms with Crippen LogP contribution in [0, 0.1) is 11.7 Å². The lowest BCUT2D eigenvalue weighted by Crippen LogP contribution is -2.45. The van der Waals surface area contributed by atoms with Crippen molar-refractivity contribution in [1.82, 2.24) is 10.3 Å². The fourth-order valence-corrected chi connectivity index (χ4v) is 2.94. The van der Waals surface area contributed by atoms with Gasteiger partial charge in [0.05, 0.1) is 12.3 Å². The summed E-state index contributed by atoms with van der Waals surface area (Å²) in [5.41, 5.74) is 1.84. The normalized spacial score (nSPS) is 12.0. The number of hydrogen-bond donors (Lipinski definition) is 3. The topological polar surface area (TPSA) is 83.2 Å². The summed E-state index contributed by atoms with van der Waals surface area (Å²) >= 11 is 0. The van der Waals surface area contributed by atoms with Crippen LogP contribution in [-0.4, -0.2) is 29.6 Å². The Balaban J connectivity index is 1.79. The fraction of sp³-hybridized carbons (Fsp3) is 0.273.